The van der Waals surface area contributed by atoms with Gasteiger partial charge in [-0.2, -0.15) is 0 Å². The van der Waals surface area contributed by atoms with Gasteiger partial charge in [0, 0.05) is 11.8 Å². The fourth-order valence-electron chi connectivity index (χ4n) is 2.46. The van der Waals surface area contributed by atoms with E-state index < -0.39 is 0 Å². The van der Waals surface area contributed by atoms with Crippen LogP contribution < -0.4 is 15.4 Å². The number of para-hydroxylation sites is 2. The number of ether oxygens (including phenoxy) is 1. The van der Waals surface area contributed by atoms with Crippen LogP contribution >= 0.6 is 0 Å². The lowest BCUT2D eigenvalue weighted by Crippen LogP contribution is -2.15. The quantitative estimate of drug-likeness (QED) is 0.703. The predicted octanol–water partition coefficient (Wildman–Crippen LogP) is 4.04. The summed E-state index contributed by atoms with van der Waals surface area (Å²) in [6.45, 7) is 2.11. The molecule has 0 aliphatic rings. The van der Waals surface area contributed by atoms with Gasteiger partial charge in [-0.05, 0) is 36.2 Å². The van der Waals surface area contributed by atoms with Crippen LogP contribution in [0.1, 0.15) is 23.0 Å². The lowest BCUT2D eigenvalue weighted by molar-refractivity contribution is 0.102. The Morgan fingerprint density at radius 3 is 2.58 bits per heavy atom. The maximum absolute atomic E-state index is 12.5. The first-order valence-corrected chi connectivity index (χ1v) is 8.32. The van der Waals surface area contributed by atoms with Crippen molar-refractivity contribution in [2.45, 2.75) is 13.3 Å². The van der Waals surface area contributed by atoms with Crippen LogP contribution in [0.25, 0.3) is 0 Å². The molecule has 132 valence electrons. The first-order chi connectivity index (χ1) is 12.7. The van der Waals surface area contributed by atoms with E-state index in [0.717, 1.165) is 12.1 Å². The summed E-state index contributed by atoms with van der Waals surface area (Å²) in [4.78, 5) is 20.7. The van der Waals surface area contributed by atoms with Crippen molar-refractivity contribution < 1.29 is 9.53 Å². The second-order valence-electron chi connectivity index (χ2n) is 5.62. The van der Waals surface area contributed by atoms with Crippen molar-refractivity contribution in [3.05, 3.63) is 72.2 Å². The molecule has 1 amide bonds. The predicted molar refractivity (Wildman–Crippen MR) is 102 cm³/mol. The van der Waals surface area contributed by atoms with Crippen molar-refractivity contribution in [2.75, 3.05) is 17.7 Å². The third-order valence-electron chi connectivity index (χ3n) is 3.89. The number of anilines is 3. The van der Waals surface area contributed by atoms with Gasteiger partial charge in [-0.3, -0.25) is 4.79 Å². The Hall–Kier alpha value is -3.41. The number of carbonyl (C=O) groups excluding carboxylic acids is 1. The van der Waals surface area contributed by atoms with Crippen molar-refractivity contribution >= 4 is 23.1 Å². The van der Waals surface area contributed by atoms with Crippen LogP contribution in [0.3, 0.4) is 0 Å². The molecule has 0 saturated heterocycles. The van der Waals surface area contributed by atoms with Crippen molar-refractivity contribution in [2.24, 2.45) is 0 Å². The molecule has 3 aromatic rings. The third-order valence-corrected chi connectivity index (χ3v) is 3.89. The first kappa shape index (κ1) is 17.4. The van der Waals surface area contributed by atoms with Crippen LogP contribution in [-0.4, -0.2) is 23.0 Å². The molecule has 6 nitrogen and oxygen atoms in total. The van der Waals surface area contributed by atoms with E-state index >= 15 is 0 Å². The largest absolute Gasteiger partial charge is 0.495 e. The van der Waals surface area contributed by atoms with Crippen LogP contribution in [0.2, 0.25) is 0 Å². The number of nitrogens with one attached hydrogen (secondary N) is 2. The van der Waals surface area contributed by atoms with Crippen LogP contribution in [0.5, 0.6) is 5.75 Å². The Kier molecular flexibility index (Phi) is 5.43. The summed E-state index contributed by atoms with van der Waals surface area (Å²) in [5.74, 6) is 0.806. The van der Waals surface area contributed by atoms with Gasteiger partial charge < -0.3 is 15.4 Å². The van der Waals surface area contributed by atoms with E-state index in [0.29, 0.717) is 17.3 Å². The van der Waals surface area contributed by atoms with Crippen LogP contribution in [-0.2, 0) is 6.42 Å². The van der Waals surface area contributed by atoms with E-state index in [2.05, 4.69) is 39.7 Å². The number of aryl methyl sites for hydroxylation is 1. The van der Waals surface area contributed by atoms with Crippen molar-refractivity contribution in [3.8, 4) is 5.75 Å². The van der Waals surface area contributed by atoms with Crippen molar-refractivity contribution in [1.29, 1.82) is 0 Å². The van der Waals surface area contributed by atoms with Gasteiger partial charge in [0.25, 0.3) is 5.91 Å². The Bertz CT molecular complexity index is 894. The van der Waals surface area contributed by atoms with Gasteiger partial charge in [0.1, 0.15) is 23.6 Å². The van der Waals surface area contributed by atoms with Crippen LogP contribution in [0.4, 0.5) is 17.2 Å². The minimum atomic E-state index is -0.332. The van der Waals surface area contributed by atoms with Gasteiger partial charge in [0.05, 0.1) is 12.8 Å². The average molecular weight is 348 g/mol. The molecule has 2 aromatic carbocycles. The van der Waals surface area contributed by atoms with Crippen molar-refractivity contribution in [1.82, 2.24) is 9.97 Å². The summed E-state index contributed by atoms with van der Waals surface area (Å²) in [7, 11) is 1.56. The summed E-state index contributed by atoms with van der Waals surface area (Å²) < 4.78 is 5.24. The topological polar surface area (TPSA) is 76.1 Å². The summed E-state index contributed by atoms with van der Waals surface area (Å²) in [5.41, 5.74) is 3.01. The molecule has 0 spiro atoms. The average Bonchev–Trinajstić information content (AvgIpc) is 2.69. The second-order valence-corrected chi connectivity index (χ2v) is 5.62. The Labute approximate surface area is 152 Å². The van der Waals surface area contributed by atoms with Gasteiger partial charge in [-0.25, -0.2) is 9.97 Å². The number of rotatable bonds is 6. The van der Waals surface area contributed by atoms with Gasteiger partial charge in [0.15, 0.2) is 0 Å². The fraction of sp³-hybridized carbons (Fsp3) is 0.150. The molecule has 0 saturated carbocycles. The molecule has 26 heavy (non-hydrogen) atoms. The Morgan fingerprint density at radius 1 is 1.08 bits per heavy atom. The minimum Gasteiger partial charge on any atom is -0.495 e. The summed E-state index contributed by atoms with van der Waals surface area (Å²) in [5, 5.41) is 5.98. The molecule has 1 aromatic heterocycles. The van der Waals surface area contributed by atoms with E-state index in [1.54, 1.807) is 25.3 Å². The molecule has 0 fully saturated rings. The summed E-state index contributed by atoms with van der Waals surface area (Å²) >= 11 is 0. The molecule has 0 aliphatic heterocycles. The lowest BCUT2D eigenvalue weighted by Gasteiger charge is -2.10. The summed E-state index contributed by atoms with van der Waals surface area (Å²) in [6, 6.07) is 16.9. The number of methoxy groups -OCH3 is 1. The summed E-state index contributed by atoms with van der Waals surface area (Å²) in [6.07, 6.45) is 2.35. The van der Waals surface area contributed by atoms with Crippen molar-refractivity contribution in [3.63, 3.8) is 0 Å². The Morgan fingerprint density at radius 2 is 1.85 bits per heavy atom. The molecule has 0 radical (unpaired) electrons. The van der Waals surface area contributed by atoms with Crippen LogP contribution in [0.15, 0.2) is 60.9 Å². The maximum Gasteiger partial charge on any atom is 0.274 e. The third kappa shape index (κ3) is 4.16. The van der Waals surface area contributed by atoms with Crippen LogP contribution in [0, 0.1) is 0 Å². The number of amides is 1. The van der Waals surface area contributed by atoms with Gasteiger partial charge >= 0.3 is 0 Å². The van der Waals surface area contributed by atoms with E-state index in [-0.39, 0.29) is 11.6 Å². The standard InChI is InChI=1S/C20H20N4O2/c1-3-14-8-10-15(11-9-14)23-19-12-17(21-13-22-19)20(25)24-16-6-4-5-7-18(16)26-2/h4-13H,3H2,1-2H3,(H,24,25)(H,21,22,23). The highest BCUT2D eigenvalue weighted by atomic mass is 16.5. The molecular formula is C20H20N4O2. The molecule has 1 heterocycles. The zero-order valence-electron chi connectivity index (χ0n) is 14.7. The minimum absolute atomic E-state index is 0.263. The number of benzene rings is 2. The van der Waals surface area contributed by atoms with E-state index in [4.69, 9.17) is 4.74 Å². The molecular weight excluding hydrogens is 328 g/mol. The Balaban J connectivity index is 1.74. The monoisotopic (exact) mass is 348 g/mol. The van der Waals surface area contributed by atoms with E-state index in [9.17, 15) is 4.79 Å². The first-order valence-electron chi connectivity index (χ1n) is 8.32. The highest BCUT2D eigenvalue weighted by Gasteiger charge is 2.12. The molecule has 0 unspecified atom stereocenters. The van der Waals surface area contributed by atoms with E-state index in [1.165, 1.54) is 11.9 Å². The van der Waals surface area contributed by atoms with Gasteiger partial charge in [-0.15, -0.1) is 0 Å². The zero-order chi connectivity index (χ0) is 18.4. The highest BCUT2D eigenvalue weighted by Crippen LogP contribution is 2.23. The highest BCUT2D eigenvalue weighted by molar-refractivity contribution is 6.04. The normalized spacial score (nSPS) is 10.2. The SMILES string of the molecule is CCc1ccc(Nc2cc(C(=O)Nc3ccccc3OC)ncn2)cc1. The molecule has 6 heteroatoms. The number of carbonyl (C=O) groups is 1. The maximum atomic E-state index is 12.5. The molecule has 0 aliphatic carbocycles. The number of aromatic nitrogens is 2. The smallest absolute Gasteiger partial charge is 0.274 e. The van der Waals surface area contributed by atoms with Gasteiger partial charge in [-0.1, -0.05) is 31.2 Å². The molecule has 2 N–H and O–H groups in total. The zero-order valence-corrected chi connectivity index (χ0v) is 14.7. The number of nitrogens with zero attached hydrogens (tertiary/aromatic N) is 2. The molecule has 3 rings (SSSR count). The van der Waals surface area contributed by atoms with E-state index in [1.807, 2.05) is 24.3 Å². The number of hydrogen-bond donors (Lipinski definition) is 2. The lowest BCUT2D eigenvalue weighted by atomic mass is 10.1. The number of hydrogen-bond acceptors (Lipinski definition) is 5. The molecule has 0 bridgehead atoms. The molecule has 0 atom stereocenters. The van der Waals surface area contributed by atoms with Gasteiger partial charge in [0.2, 0.25) is 0 Å². The second kappa shape index (κ2) is 8.11. The fourth-order valence-corrected chi connectivity index (χ4v) is 2.46.